The van der Waals surface area contributed by atoms with E-state index in [2.05, 4.69) is 23.0 Å². The summed E-state index contributed by atoms with van der Waals surface area (Å²) in [6.07, 6.45) is 4.87. The summed E-state index contributed by atoms with van der Waals surface area (Å²) in [4.78, 5) is 8.00. The van der Waals surface area contributed by atoms with Crippen molar-refractivity contribution in [3.05, 3.63) is 30.1 Å². The van der Waals surface area contributed by atoms with Gasteiger partial charge in [0.2, 0.25) is 0 Å². The van der Waals surface area contributed by atoms with E-state index in [-0.39, 0.29) is 0 Å². The van der Waals surface area contributed by atoms with Gasteiger partial charge in [0, 0.05) is 11.8 Å². The molecule has 1 aromatic carbocycles. The molecule has 1 heterocycles. The van der Waals surface area contributed by atoms with Gasteiger partial charge in [-0.05, 0) is 18.6 Å². The van der Waals surface area contributed by atoms with Crippen LogP contribution in [0.15, 0.2) is 24.3 Å². The number of para-hydroxylation sites is 2. The molecule has 17 heavy (non-hydrogen) atoms. The summed E-state index contributed by atoms with van der Waals surface area (Å²) in [5.41, 5.74) is 2.14. The third-order valence-electron chi connectivity index (χ3n) is 3.14. The summed E-state index contributed by atoms with van der Waals surface area (Å²) in [6, 6.07) is 8.13. The molecule has 0 aliphatic carbocycles. The van der Waals surface area contributed by atoms with Crippen LogP contribution in [-0.2, 0) is 0 Å². The molecule has 0 fully saturated rings. The van der Waals surface area contributed by atoms with Gasteiger partial charge in [-0.1, -0.05) is 38.3 Å². The lowest BCUT2D eigenvalue weighted by atomic mass is 10.0. The van der Waals surface area contributed by atoms with Crippen LogP contribution in [0.5, 0.6) is 0 Å². The van der Waals surface area contributed by atoms with E-state index in [1.165, 1.54) is 19.3 Å². The number of hydrogen-bond acceptors (Lipinski definition) is 1. The molecule has 0 radical (unpaired) electrons. The highest BCUT2D eigenvalue weighted by Crippen LogP contribution is 2.23. The highest BCUT2D eigenvalue weighted by molar-refractivity contribution is 6.18. The molecule has 2 rings (SSSR count). The molecule has 92 valence electrons. The van der Waals surface area contributed by atoms with Gasteiger partial charge < -0.3 is 4.98 Å². The first-order chi connectivity index (χ1) is 8.35. The molecule has 1 N–H and O–H groups in total. The van der Waals surface area contributed by atoms with Gasteiger partial charge in [0.1, 0.15) is 5.82 Å². The van der Waals surface area contributed by atoms with E-state index in [1.54, 1.807) is 0 Å². The smallest absolute Gasteiger partial charge is 0.111 e. The Hall–Kier alpha value is -1.02. The van der Waals surface area contributed by atoms with Crippen LogP contribution in [0.3, 0.4) is 0 Å². The Balaban J connectivity index is 2.12. The molecule has 0 saturated carbocycles. The number of nitrogens with zero attached hydrogens (tertiary/aromatic N) is 1. The Morgan fingerprint density at radius 3 is 2.82 bits per heavy atom. The zero-order valence-corrected chi connectivity index (χ0v) is 11.0. The molecule has 0 aliphatic rings. The molecule has 0 amide bonds. The molecule has 0 saturated heterocycles. The molecule has 1 aromatic heterocycles. The lowest BCUT2D eigenvalue weighted by Gasteiger charge is -2.10. The number of alkyl halides is 1. The van der Waals surface area contributed by atoms with Gasteiger partial charge in [-0.15, -0.1) is 11.6 Å². The molecule has 2 aromatic rings. The molecule has 1 atom stereocenters. The van der Waals surface area contributed by atoms with Gasteiger partial charge in [0.25, 0.3) is 0 Å². The normalized spacial score (nSPS) is 13.1. The largest absolute Gasteiger partial charge is 0.342 e. The first kappa shape index (κ1) is 12.4. The van der Waals surface area contributed by atoms with Crippen LogP contribution in [-0.4, -0.2) is 15.8 Å². The van der Waals surface area contributed by atoms with E-state index in [0.717, 1.165) is 23.3 Å². The number of nitrogens with one attached hydrogen (secondary N) is 1. The Kier molecular flexibility index (Phi) is 4.43. The zero-order chi connectivity index (χ0) is 12.1. The topological polar surface area (TPSA) is 28.7 Å². The Morgan fingerprint density at radius 1 is 1.29 bits per heavy atom. The second kappa shape index (κ2) is 6.06. The number of H-pyrrole nitrogens is 1. The van der Waals surface area contributed by atoms with Crippen molar-refractivity contribution in [2.24, 2.45) is 0 Å². The zero-order valence-electron chi connectivity index (χ0n) is 10.2. The maximum absolute atomic E-state index is 6.05. The molecule has 0 bridgehead atoms. The second-order valence-corrected chi connectivity index (χ2v) is 4.79. The van der Waals surface area contributed by atoms with Crippen molar-refractivity contribution in [1.82, 2.24) is 9.97 Å². The van der Waals surface area contributed by atoms with E-state index in [9.17, 15) is 0 Å². The van der Waals surface area contributed by atoms with Crippen LogP contribution >= 0.6 is 11.6 Å². The highest BCUT2D eigenvalue weighted by Gasteiger charge is 2.14. The number of fused-ring (bicyclic) bond motifs is 1. The first-order valence-corrected chi connectivity index (χ1v) is 6.89. The molecular formula is C14H19ClN2. The SMILES string of the molecule is CCCCCC(CCl)c1nc2ccccc2[nH]1. The van der Waals surface area contributed by atoms with E-state index >= 15 is 0 Å². The standard InChI is InChI=1S/C14H19ClN2/c1-2-3-4-7-11(10-15)14-16-12-8-5-6-9-13(12)17-14/h5-6,8-9,11H,2-4,7,10H2,1H3,(H,16,17). The van der Waals surface area contributed by atoms with Crippen LogP contribution in [0.2, 0.25) is 0 Å². The summed E-state index contributed by atoms with van der Waals surface area (Å²) < 4.78 is 0. The third-order valence-corrected chi connectivity index (χ3v) is 3.51. The van der Waals surface area contributed by atoms with Crippen LogP contribution in [0.4, 0.5) is 0 Å². The summed E-state index contributed by atoms with van der Waals surface area (Å²) in [6.45, 7) is 2.22. The summed E-state index contributed by atoms with van der Waals surface area (Å²) >= 11 is 6.05. The Bertz CT molecular complexity index is 431. The molecule has 1 unspecified atom stereocenters. The number of unbranched alkanes of at least 4 members (excludes halogenated alkanes) is 2. The van der Waals surface area contributed by atoms with E-state index < -0.39 is 0 Å². The number of benzene rings is 1. The maximum Gasteiger partial charge on any atom is 0.111 e. The summed E-state index contributed by atoms with van der Waals surface area (Å²) in [5, 5.41) is 0. The minimum atomic E-state index is 0.357. The average molecular weight is 251 g/mol. The molecule has 3 heteroatoms. The molecular weight excluding hydrogens is 232 g/mol. The van der Waals surface area contributed by atoms with Gasteiger partial charge in [-0.2, -0.15) is 0 Å². The third kappa shape index (κ3) is 3.01. The van der Waals surface area contributed by atoms with Gasteiger partial charge in [-0.3, -0.25) is 0 Å². The first-order valence-electron chi connectivity index (χ1n) is 6.35. The summed E-state index contributed by atoms with van der Waals surface area (Å²) in [5.74, 6) is 2.04. The van der Waals surface area contributed by atoms with Crippen molar-refractivity contribution in [2.75, 3.05) is 5.88 Å². The minimum Gasteiger partial charge on any atom is -0.342 e. The second-order valence-electron chi connectivity index (χ2n) is 4.49. The fraction of sp³-hybridized carbons (Fsp3) is 0.500. The molecule has 0 aliphatic heterocycles. The monoisotopic (exact) mass is 250 g/mol. The van der Waals surface area contributed by atoms with Crippen molar-refractivity contribution < 1.29 is 0 Å². The van der Waals surface area contributed by atoms with Crippen LogP contribution < -0.4 is 0 Å². The minimum absolute atomic E-state index is 0.357. The average Bonchev–Trinajstić information content (AvgIpc) is 2.78. The van der Waals surface area contributed by atoms with Crippen LogP contribution in [0, 0.1) is 0 Å². The van der Waals surface area contributed by atoms with Gasteiger partial charge in [0.05, 0.1) is 11.0 Å². The van der Waals surface area contributed by atoms with Crippen molar-refractivity contribution in [2.45, 2.75) is 38.5 Å². The van der Waals surface area contributed by atoms with Gasteiger partial charge in [0.15, 0.2) is 0 Å². The number of halogens is 1. The van der Waals surface area contributed by atoms with Crippen molar-refractivity contribution in [1.29, 1.82) is 0 Å². The molecule has 0 spiro atoms. The van der Waals surface area contributed by atoms with E-state index in [0.29, 0.717) is 11.8 Å². The van der Waals surface area contributed by atoms with E-state index in [1.807, 2.05) is 18.2 Å². The Morgan fingerprint density at radius 2 is 2.12 bits per heavy atom. The van der Waals surface area contributed by atoms with Crippen LogP contribution in [0.25, 0.3) is 11.0 Å². The number of aromatic nitrogens is 2. The van der Waals surface area contributed by atoms with E-state index in [4.69, 9.17) is 11.6 Å². The predicted molar refractivity (Wildman–Crippen MR) is 73.7 cm³/mol. The number of rotatable bonds is 6. The lowest BCUT2D eigenvalue weighted by molar-refractivity contribution is 0.584. The predicted octanol–water partition coefficient (Wildman–Crippen LogP) is 4.47. The Labute approximate surface area is 107 Å². The maximum atomic E-state index is 6.05. The fourth-order valence-corrected chi connectivity index (χ4v) is 2.39. The summed E-state index contributed by atoms with van der Waals surface area (Å²) in [7, 11) is 0. The quantitative estimate of drug-likeness (QED) is 0.595. The van der Waals surface area contributed by atoms with Crippen molar-refractivity contribution in [3.63, 3.8) is 0 Å². The van der Waals surface area contributed by atoms with Gasteiger partial charge in [-0.25, -0.2) is 4.98 Å². The van der Waals surface area contributed by atoms with Gasteiger partial charge >= 0.3 is 0 Å². The highest BCUT2D eigenvalue weighted by atomic mass is 35.5. The number of aromatic amines is 1. The fourth-order valence-electron chi connectivity index (χ4n) is 2.09. The number of imidazole rings is 1. The lowest BCUT2D eigenvalue weighted by Crippen LogP contribution is -2.02. The van der Waals surface area contributed by atoms with Crippen molar-refractivity contribution >= 4 is 22.6 Å². The molecule has 2 nitrogen and oxygen atoms in total. The van der Waals surface area contributed by atoms with Crippen LogP contribution in [0.1, 0.15) is 44.3 Å². The number of hydrogen-bond donors (Lipinski definition) is 1. The van der Waals surface area contributed by atoms with Crippen molar-refractivity contribution in [3.8, 4) is 0 Å².